The molecule has 1 aromatic heterocycles. The maximum Gasteiger partial charge on any atom is 0.270 e. The summed E-state index contributed by atoms with van der Waals surface area (Å²) in [7, 11) is 0. The van der Waals surface area contributed by atoms with Crippen LogP contribution in [0.5, 0.6) is 5.75 Å². The van der Waals surface area contributed by atoms with Crippen molar-refractivity contribution in [2.24, 2.45) is 5.10 Å². The minimum absolute atomic E-state index is 0.00770. The van der Waals surface area contributed by atoms with Crippen LogP contribution in [0.3, 0.4) is 0 Å². The number of carbonyl (C=O) groups excluding carboxylic acids is 1. The molecule has 1 amide bonds. The number of aromatic nitrogens is 2. The lowest BCUT2D eigenvalue weighted by molar-refractivity contribution is -0.134. The van der Waals surface area contributed by atoms with Gasteiger partial charge in [-0.15, -0.1) is 0 Å². The van der Waals surface area contributed by atoms with Crippen LogP contribution in [0.2, 0.25) is 0 Å². The van der Waals surface area contributed by atoms with Gasteiger partial charge < -0.3 is 9.64 Å². The van der Waals surface area contributed by atoms with Gasteiger partial charge in [-0.2, -0.15) is 10.4 Å². The number of benzene rings is 2. The van der Waals surface area contributed by atoms with Crippen LogP contribution in [0.4, 0.5) is 5.95 Å². The van der Waals surface area contributed by atoms with Crippen molar-refractivity contribution in [3.05, 3.63) is 76.1 Å². The summed E-state index contributed by atoms with van der Waals surface area (Å²) in [4.78, 5) is 33.2. The fourth-order valence-corrected chi connectivity index (χ4v) is 3.63. The van der Waals surface area contributed by atoms with Gasteiger partial charge in [0, 0.05) is 18.7 Å². The Labute approximate surface area is 196 Å². The van der Waals surface area contributed by atoms with E-state index in [2.05, 4.69) is 20.5 Å². The first-order valence-electron chi connectivity index (χ1n) is 11.0. The maximum atomic E-state index is 12.3. The molecule has 1 aliphatic heterocycles. The fourth-order valence-electron chi connectivity index (χ4n) is 3.63. The van der Waals surface area contributed by atoms with Crippen LogP contribution in [-0.2, 0) is 4.79 Å². The SMILES string of the molecule is N#Cc1c(-c2ccccc2)nc(NN=Cc2ccc(OCC(=O)N3CCCCC3)cc2)[nH]c1=O. The van der Waals surface area contributed by atoms with Gasteiger partial charge in [0.05, 0.1) is 11.9 Å². The number of nitriles is 1. The zero-order chi connectivity index (χ0) is 23.8. The Morgan fingerprint density at radius 1 is 1.15 bits per heavy atom. The van der Waals surface area contributed by atoms with Gasteiger partial charge in [-0.25, -0.2) is 10.4 Å². The molecule has 4 rings (SSSR count). The van der Waals surface area contributed by atoms with Crippen LogP contribution in [0.25, 0.3) is 11.3 Å². The Morgan fingerprint density at radius 2 is 1.88 bits per heavy atom. The van der Waals surface area contributed by atoms with E-state index in [0.717, 1.165) is 31.5 Å². The van der Waals surface area contributed by atoms with E-state index in [0.29, 0.717) is 11.3 Å². The second-order valence-electron chi connectivity index (χ2n) is 7.79. The van der Waals surface area contributed by atoms with E-state index in [9.17, 15) is 14.9 Å². The molecule has 172 valence electrons. The molecule has 1 aliphatic rings. The number of amides is 1. The molecule has 0 bridgehead atoms. The average Bonchev–Trinajstić information content (AvgIpc) is 2.89. The van der Waals surface area contributed by atoms with Crippen LogP contribution in [0.1, 0.15) is 30.4 Å². The lowest BCUT2D eigenvalue weighted by Gasteiger charge is -2.26. The number of piperidine rings is 1. The number of nitrogens with zero attached hydrogens (tertiary/aromatic N) is 4. The topological polar surface area (TPSA) is 123 Å². The maximum absolute atomic E-state index is 12.3. The summed E-state index contributed by atoms with van der Waals surface area (Å²) in [6, 6.07) is 18.0. The third kappa shape index (κ3) is 5.66. The van der Waals surface area contributed by atoms with E-state index in [4.69, 9.17) is 4.74 Å². The van der Waals surface area contributed by atoms with Crippen molar-refractivity contribution in [2.45, 2.75) is 19.3 Å². The molecule has 9 heteroatoms. The van der Waals surface area contributed by atoms with Crippen LogP contribution in [0.15, 0.2) is 64.5 Å². The van der Waals surface area contributed by atoms with Gasteiger partial charge in [-0.05, 0) is 49.1 Å². The number of likely N-dealkylation sites (tertiary alicyclic amines) is 1. The summed E-state index contributed by atoms with van der Waals surface area (Å²) in [5.41, 5.74) is 3.81. The standard InChI is InChI=1S/C25H24N6O3/c26-15-21-23(19-7-3-1-4-8-19)28-25(29-24(21)33)30-27-16-18-9-11-20(12-10-18)34-17-22(32)31-13-5-2-6-14-31/h1,3-4,7-12,16H,2,5-6,13-14,17H2,(H2,28,29,30,33). The third-order valence-corrected chi connectivity index (χ3v) is 5.41. The second kappa shape index (κ2) is 10.9. The molecule has 2 heterocycles. The lowest BCUT2D eigenvalue weighted by Crippen LogP contribution is -2.38. The predicted molar refractivity (Wildman–Crippen MR) is 129 cm³/mol. The predicted octanol–water partition coefficient (Wildman–Crippen LogP) is 3.15. The summed E-state index contributed by atoms with van der Waals surface area (Å²) < 4.78 is 5.61. The average molecular weight is 457 g/mol. The van der Waals surface area contributed by atoms with Crippen molar-refractivity contribution in [3.8, 4) is 23.1 Å². The number of ether oxygens (including phenoxy) is 1. The molecule has 3 aromatic rings. The van der Waals surface area contributed by atoms with Crippen molar-refractivity contribution in [2.75, 3.05) is 25.1 Å². The molecule has 0 spiro atoms. The molecule has 0 aliphatic carbocycles. The molecule has 0 saturated carbocycles. The summed E-state index contributed by atoms with van der Waals surface area (Å²) in [6.07, 6.45) is 4.83. The van der Waals surface area contributed by atoms with Crippen LogP contribution in [-0.4, -0.2) is 46.7 Å². The smallest absolute Gasteiger partial charge is 0.270 e. The highest BCUT2D eigenvalue weighted by atomic mass is 16.5. The van der Waals surface area contributed by atoms with E-state index in [1.165, 1.54) is 6.42 Å². The summed E-state index contributed by atoms with van der Waals surface area (Å²) in [6.45, 7) is 1.63. The van der Waals surface area contributed by atoms with Crippen LogP contribution in [0, 0.1) is 11.3 Å². The number of hydrogen-bond donors (Lipinski definition) is 2. The summed E-state index contributed by atoms with van der Waals surface area (Å²) in [5, 5.41) is 13.5. The molecule has 1 saturated heterocycles. The van der Waals surface area contributed by atoms with Gasteiger partial charge in [-0.1, -0.05) is 30.3 Å². The highest BCUT2D eigenvalue weighted by Crippen LogP contribution is 2.19. The van der Waals surface area contributed by atoms with E-state index < -0.39 is 5.56 Å². The monoisotopic (exact) mass is 456 g/mol. The van der Waals surface area contributed by atoms with E-state index in [-0.39, 0.29) is 29.7 Å². The van der Waals surface area contributed by atoms with Gasteiger partial charge in [-0.3, -0.25) is 14.6 Å². The number of aromatic amines is 1. The largest absolute Gasteiger partial charge is 0.484 e. The molecular formula is C25H24N6O3. The Morgan fingerprint density at radius 3 is 2.59 bits per heavy atom. The van der Waals surface area contributed by atoms with Crippen molar-refractivity contribution in [1.82, 2.24) is 14.9 Å². The lowest BCUT2D eigenvalue weighted by atomic mass is 10.1. The van der Waals surface area contributed by atoms with Crippen molar-refractivity contribution in [3.63, 3.8) is 0 Å². The first kappa shape index (κ1) is 22.7. The number of nitrogens with one attached hydrogen (secondary N) is 2. The van der Waals surface area contributed by atoms with Gasteiger partial charge in [0.25, 0.3) is 11.5 Å². The van der Waals surface area contributed by atoms with Crippen molar-refractivity contribution < 1.29 is 9.53 Å². The van der Waals surface area contributed by atoms with Crippen LogP contribution < -0.4 is 15.7 Å². The number of hydrogen-bond acceptors (Lipinski definition) is 7. The number of hydrazone groups is 1. The number of carbonyl (C=O) groups is 1. The van der Waals surface area contributed by atoms with E-state index >= 15 is 0 Å². The van der Waals surface area contributed by atoms with Gasteiger partial charge in [0.1, 0.15) is 17.4 Å². The molecule has 1 fully saturated rings. The highest BCUT2D eigenvalue weighted by Gasteiger charge is 2.16. The minimum Gasteiger partial charge on any atom is -0.484 e. The quantitative estimate of drug-likeness (QED) is 0.416. The normalized spacial score (nSPS) is 13.4. The van der Waals surface area contributed by atoms with Gasteiger partial charge >= 0.3 is 0 Å². The second-order valence-corrected chi connectivity index (χ2v) is 7.79. The van der Waals surface area contributed by atoms with Gasteiger partial charge in [0.15, 0.2) is 6.61 Å². The Kier molecular flexibility index (Phi) is 7.30. The number of anilines is 1. The molecular weight excluding hydrogens is 432 g/mol. The van der Waals surface area contributed by atoms with Crippen molar-refractivity contribution >= 4 is 18.1 Å². The Balaban J connectivity index is 1.37. The molecule has 2 aromatic carbocycles. The molecule has 0 atom stereocenters. The van der Waals surface area contributed by atoms with Crippen molar-refractivity contribution in [1.29, 1.82) is 5.26 Å². The van der Waals surface area contributed by atoms with E-state index in [1.54, 1.807) is 42.6 Å². The minimum atomic E-state index is -0.547. The summed E-state index contributed by atoms with van der Waals surface area (Å²) in [5.74, 6) is 0.727. The molecule has 0 unspecified atom stereocenters. The fraction of sp³-hybridized carbons (Fsp3) is 0.240. The first-order chi connectivity index (χ1) is 16.6. The molecule has 9 nitrogen and oxygen atoms in total. The highest BCUT2D eigenvalue weighted by molar-refractivity contribution is 5.80. The zero-order valence-corrected chi connectivity index (χ0v) is 18.5. The number of rotatable bonds is 7. The van der Waals surface area contributed by atoms with E-state index in [1.807, 2.05) is 29.2 Å². The van der Waals surface area contributed by atoms with Crippen LogP contribution >= 0.6 is 0 Å². The molecule has 0 radical (unpaired) electrons. The Hall–Kier alpha value is -4.45. The Bertz CT molecular complexity index is 1260. The molecule has 2 N–H and O–H groups in total. The number of H-pyrrole nitrogens is 1. The van der Waals surface area contributed by atoms with Gasteiger partial charge in [0.2, 0.25) is 5.95 Å². The molecule has 34 heavy (non-hydrogen) atoms. The first-order valence-corrected chi connectivity index (χ1v) is 11.0. The summed E-state index contributed by atoms with van der Waals surface area (Å²) >= 11 is 0. The third-order valence-electron chi connectivity index (χ3n) is 5.41. The zero-order valence-electron chi connectivity index (χ0n) is 18.5.